The van der Waals surface area contributed by atoms with E-state index in [2.05, 4.69) is 5.32 Å². The number of hydrogen-bond donors (Lipinski definition) is 1. The van der Waals surface area contributed by atoms with E-state index in [-0.39, 0.29) is 34.9 Å². The summed E-state index contributed by atoms with van der Waals surface area (Å²) in [5.74, 6) is -0.665. The predicted molar refractivity (Wildman–Crippen MR) is 157 cm³/mol. The Hall–Kier alpha value is -4.64. The summed E-state index contributed by atoms with van der Waals surface area (Å²) in [6.07, 6.45) is -4.43. The van der Waals surface area contributed by atoms with Crippen LogP contribution < -0.4 is 9.62 Å². The van der Waals surface area contributed by atoms with Gasteiger partial charge in [0.25, 0.3) is 15.9 Å². The molecule has 0 unspecified atom stereocenters. The van der Waals surface area contributed by atoms with Crippen LogP contribution in [0.1, 0.15) is 27.0 Å². The van der Waals surface area contributed by atoms with Gasteiger partial charge in [0.1, 0.15) is 6.04 Å². The van der Waals surface area contributed by atoms with Crippen molar-refractivity contribution in [3.63, 3.8) is 0 Å². The maximum absolute atomic E-state index is 13.9. The number of rotatable bonds is 7. The van der Waals surface area contributed by atoms with Gasteiger partial charge in [-0.2, -0.15) is 13.2 Å². The van der Waals surface area contributed by atoms with Crippen LogP contribution in [0, 0.1) is 0 Å². The van der Waals surface area contributed by atoms with Crippen molar-refractivity contribution in [3.05, 3.63) is 119 Å². The number of carbonyl (C=O) groups is 2. The first-order chi connectivity index (χ1) is 20.4. The van der Waals surface area contributed by atoms with Gasteiger partial charge in [0.05, 0.1) is 16.1 Å². The Morgan fingerprint density at radius 1 is 0.884 bits per heavy atom. The van der Waals surface area contributed by atoms with E-state index in [0.29, 0.717) is 16.8 Å². The molecule has 1 atom stereocenters. The van der Waals surface area contributed by atoms with Gasteiger partial charge in [-0.25, -0.2) is 8.42 Å². The Balaban J connectivity index is 1.40. The summed E-state index contributed by atoms with van der Waals surface area (Å²) in [6, 6.07) is 22.7. The average molecular weight is 608 g/mol. The summed E-state index contributed by atoms with van der Waals surface area (Å²) in [5.41, 5.74) is 1.58. The first kappa shape index (κ1) is 29.8. The van der Waals surface area contributed by atoms with Crippen LogP contribution in [0.15, 0.2) is 102 Å². The zero-order chi connectivity index (χ0) is 30.9. The topological polar surface area (TPSA) is 86.8 Å². The van der Waals surface area contributed by atoms with Crippen molar-refractivity contribution in [2.24, 2.45) is 0 Å². The third kappa shape index (κ3) is 5.98. The quantitative estimate of drug-likeness (QED) is 0.300. The van der Waals surface area contributed by atoms with E-state index >= 15 is 0 Å². The third-order valence-corrected chi connectivity index (χ3v) is 9.09. The average Bonchev–Trinajstić information content (AvgIpc) is 3.40. The van der Waals surface area contributed by atoms with E-state index in [1.54, 1.807) is 62.6 Å². The molecule has 0 radical (unpaired) electrons. The second-order valence-corrected chi connectivity index (χ2v) is 12.1. The molecule has 0 bridgehead atoms. The second kappa shape index (κ2) is 11.6. The van der Waals surface area contributed by atoms with Gasteiger partial charge < -0.3 is 10.2 Å². The molecule has 2 amide bonds. The van der Waals surface area contributed by atoms with Gasteiger partial charge in [0.15, 0.2) is 0 Å². The van der Waals surface area contributed by atoms with Crippen molar-refractivity contribution in [1.82, 2.24) is 10.2 Å². The number of fused-ring (bicyclic) bond motifs is 1. The van der Waals surface area contributed by atoms with E-state index in [1.165, 1.54) is 47.4 Å². The minimum absolute atomic E-state index is 0.0677. The highest BCUT2D eigenvalue weighted by molar-refractivity contribution is 7.93. The molecule has 0 aliphatic carbocycles. The highest BCUT2D eigenvalue weighted by Gasteiger charge is 2.42. The van der Waals surface area contributed by atoms with E-state index < -0.39 is 33.7 Å². The molecule has 1 aliphatic heterocycles. The molecule has 1 aliphatic rings. The molecule has 0 spiro atoms. The Labute approximate surface area is 247 Å². The number of halogens is 3. The SMILES string of the molecule is CN(C)C(=O)c1ccc(CNC(=O)[C@@H]2Cc3ccccc3N2S(=O)(=O)c2ccc(-c3ccccc3C(F)(F)F)cc2)cc1. The number of para-hydroxylation sites is 1. The fourth-order valence-corrected chi connectivity index (χ4v) is 6.74. The lowest BCUT2D eigenvalue weighted by Gasteiger charge is -2.26. The van der Waals surface area contributed by atoms with Gasteiger partial charge in [-0.1, -0.05) is 60.7 Å². The maximum atomic E-state index is 13.9. The molecule has 4 aromatic carbocycles. The van der Waals surface area contributed by atoms with Crippen LogP contribution in [0.4, 0.5) is 18.9 Å². The Bertz CT molecular complexity index is 1770. The molecule has 0 aromatic heterocycles. The van der Waals surface area contributed by atoms with E-state index in [0.717, 1.165) is 15.9 Å². The molecule has 1 N–H and O–H groups in total. The summed E-state index contributed by atoms with van der Waals surface area (Å²) >= 11 is 0. The standard InChI is InChI=1S/C32H28F3N3O4S/c1-37(2)31(40)23-13-11-21(12-14-23)20-36-30(39)29-19-24-7-3-6-10-28(24)38(29)43(41,42)25-17-15-22(16-18-25)26-8-4-5-9-27(26)32(33,34)35/h3-18,29H,19-20H2,1-2H3,(H,36,39)/t29-/m0/s1. The number of hydrogen-bond acceptors (Lipinski definition) is 4. The second-order valence-electron chi connectivity index (χ2n) is 10.3. The predicted octanol–water partition coefficient (Wildman–Crippen LogP) is 5.51. The van der Waals surface area contributed by atoms with Crippen molar-refractivity contribution in [1.29, 1.82) is 0 Å². The first-order valence-electron chi connectivity index (χ1n) is 13.4. The highest BCUT2D eigenvalue weighted by atomic mass is 32.2. The fourth-order valence-electron chi connectivity index (χ4n) is 5.09. The zero-order valence-corrected chi connectivity index (χ0v) is 24.1. The summed E-state index contributed by atoms with van der Waals surface area (Å²) in [7, 11) is -0.982. The number of nitrogens with one attached hydrogen (secondary N) is 1. The number of sulfonamides is 1. The molecule has 43 heavy (non-hydrogen) atoms. The number of nitrogens with zero attached hydrogens (tertiary/aromatic N) is 2. The van der Waals surface area contributed by atoms with Crippen molar-refractivity contribution >= 4 is 27.5 Å². The lowest BCUT2D eigenvalue weighted by molar-refractivity contribution is -0.137. The molecule has 0 saturated heterocycles. The van der Waals surface area contributed by atoms with Crippen molar-refractivity contribution in [2.75, 3.05) is 18.4 Å². The molecule has 1 heterocycles. The van der Waals surface area contributed by atoms with E-state index in [4.69, 9.17) is 0 Å². The third-order valence-electron chi connectivity index (χ3n) is 7.26. The van der Waals surface area contributed by atoms with Gasteiger partial charge >= 0.3 is 6.18 Å². The van der Waals surface area contributed by atoms with Gasteiger partial charge in [-0.3, -0.25) is 13.9 Å². The number of carbonyl (C=O) groups excluding carboxylic acids is 2. The van der Waals surface area contributed by atoms with Crippen LogP contribution in [-0.4, -0.2) is 45.3 Å². The van der Waals surface area contributed by atoms with Crippen LogP contribution in [-0.2, 0) is 34.0 Å². The summed E-state index contributed by atoms with van der Waals surface area (Å²) in [5, 5.41) is 2.80. The van der Waals surface area contributed by atoms with Gasteiger partial charge in [0, 0.05) is 32.6 Å². The van der Waals surface area contributed by atoms with Crippen molar-refractivity contribution in [2.45, 2.75) is 30.1 Å². The van der Waals surface area contributed by atoms with Crippen LogP contribution in [0.3, 0.4) is 0 Å². The minimum Gasteiger partial charge on any atom is -0.350 e. The normalized spacial score (nSPS) is 14.7. The number of amides is 2. The number of benzene rings is 4. The number of alkyl halides is 3. The van der Waals surface area contributed by atoms with Gasteiger partial charge in [0.2, 0.25) is 5.91 Å². The van der Waals surface area contributed by atoms with Crippen molar-refractivity contribution < 1.29 is 31.2 Å². The van der Waals surface area contributed by atoms with Gasteiger partial charge in [-0.05, 0) is 58.7 Å². The zero-order valence-electron chi connectivity index (χ0n) is 23.3. The molecule has 7 nitrogen and oxygen atoms in total. The Morgan fingerprint density at radius 2 is 1.51 bits per heavy atom. The minimum atomic E-state index is -4.58. The lowest BCUT2D eigenvalue weighted by atomic mass is 9.99. The maximum Gasteiger partial charge on any atom is 0.417 e. The molecule has 11 heteroatoms. The van der Waals surface area contributed by atoms with Crippen LogP contribution in [0.25, 0.3) is 11.1 Å². The Morgan fingerprint density at radius 3 is 2.16 bits per heavy atom. The highest BCUT2D eigenvalue weighted by Crippen LogP contribution is 2.39. The van der Waals surface area contributed by atoms with Crippen LogP contribution in [0.2, 0.25) is 0 Å². The smallest absolute Gasteiger partial charge is 0.350 e. The summed E-state index contributed by atoms with van der Waals surface area (Å²) in [6.45, 7) is 0.114. The van der Waals surface area contributed by atoms with Crippen LogP contribution >= 0.6 is 0 Å². The van der Waals surface area contributed by atoms with E-state index in [9.17, 15) is 31.2 Å². The van der Waals surface area contributed by atoms with Gasteiger partial charge in [-0.15, -0.1) is 0 Å². The fraction of sp³-hybridized carbons (Fsp3) is 0.188. The molecular weight excluding hydrogens is 579 g/mol. The molecule has 0 saturated carbocycles. The Kier molecular flexibility index (Phi) is 8.02. The van der Waals surface area contributed by atoms with Crippen LogP contribution in [0.5, 0.6) is 0 Å². The lowest BCUT2D eigenvalue weighted by Crippen LogP contribution is -2.47. The van der Waals surface area contributed by atoms with Crippen molar-refractivity contribution in [3.8, 4) is 11.1 Å². The monoisotopic (exact) mass is 607 g/mol. The molecule has 222 valence electrons. The molecular formula is C32H28F3N3O4S. The largest absolute Gasteiger partial charge is 0.417 e. The molecule has 4 aromatic rings. The number of anilines is 1. The van der Waals surface area contributed by atoms with E-state index in [1.807, 2.05) is 0 Å². The molecule has 0 fully saturated rings. The summed E-state index contributed by atoms with van der Waals surface area (Å²) in [4.78, 5) is 26.9. The molecule has 5 rings (SSSR count). The summed E-state index contributed by atoms with van der Waals surface area (Å²) < 4.78 is 69.7. The first-order valence-corrected chi connectivity index (χ1v) is 14.8.